The van der Waals surface area contributed by atoms with E-state index in [0.717, 1.165) is 19.3 Å². The third-order valence-corrected chi connectivity index (χ3v) is 3.85. The van der Waals surface area contributed by atoms with Crippen molar-refractivity contribution in [2.45, 2.75) is 44.8 Å². The number of thioether (sulfide) groups is 1. The monoisotopic (exact) mass is 186 g/mol. The van der Waals surface area contributed by atoms with Gasteiger partial charge in [0.2, 0.25) is 0 Å². The van der Waals surface area contributed by atoms with E-state index in [1.807, 2.05) is 11.8 Å². The second kappa shape index (κ2) is 4.90. The number of Topliss-reactive ketones (excluding diaryl/α,β-unsaturated/α-hetero) is 1. The minimum atomic E-state index is 0.297. The molecule has 0 amide bonds. The molecule has 1 fully saturated rings. The van der Waals surface area contributed by atoms with Crippen molar-refractivity contribution in [1.82, 2.24) is 0 Å². The molecule has 0 aromatic carbocycles. The first-order valence-electron chi connectivity index (χ1n) is 4.91. The number of carbonyl (C=O) groups excluding carboxylic acids is 1. The molecule has 2 heteroatoms. The van der Waals surface area contributed by atoms with Crippen LogP contribution in [0.1, 0.15) is 39.5 Å². The minimum Gasteiger partial charge on any atom is -0.298 e. The van der Waals surface area contributed by atoms with Crippen molar-refractivity contribution < 1.29 is 4.79 Å². The second-order valence-corrected chi connectivity index (χ2v) is 4.90. The van der Waals surface area contributed by atoms with Crippen LogP contribution in [0.5, 0.6) is 0 Å². The van der Waals surface area contributed by atoms with E-state index in [1.165, 1.54) is 12.2 Å². The maximum absolute atomic E-state index is 11.7. The van der Waals surface area contributed by atoms with Gasteiger partial charge in [0, 0.05) is 5.92 Å². The van der Waals surface area contributed by atoms with E-state index in [1.54, 1.807) is 0 Å². The van der Waals surface area contributed by atoms with Gasteiger partial charge in [0.15, 0.2) is 0 Å². The first-order valence-corrected chi connectivity index (χ1v) is 5.96. The smallest absolute Gasteiger partial charge is 0.148 e. The minimum absolute atomic E-state index is 0.297. The highest BCUT2D eigenvalue weighted by Gasteiger charge is 2.26. The molecule has 12 heavy (non-hydrogen) atoms. The summed E-state index contributed by atoms with van der Waals surface area (Å²) in [6, 6.07) is 0. The van der Waals surface area contributed by atoms with Crippen LogP contribution in [0.2, 0.25) is 0 Å². The summed E-state index contributed by atoms with van der Waals surface area (Å²) in [5.41, 5.74) is 0. The average Bonchev–Trinajstić information content (AvgIpc) is 2.55. The number of rotatable bonds is 4. The lowest BCUT2D eigenvalue weighted by Crippen LogP contribution is -2.21. The van der Waals surface area contributed by atoms with Gasteiger partial charge in [-0.05, 0) is 25.0 Å². The fourth-order valence-corrected chi connectivity index (χ4v) is 3.04. The first-order chi connectivity index (χ1) is 5.75. The molecule has 2 unspecified atom stereocenters. The van der Waals surface area contributed by atoms with Crippen molar-refractivity contribution in [2.24, 2.45) is 5.92 Å². The highest BCUT2D eigenvalue weighted by molar-refractivity contribution is 8.00. The van der Waals surface area contributed by atoms with Crippen molar-refractivity contribution in [3.8, 4) is 0 Å². The summed E-state index contributed by atoms with van der Waals surface area (Å²) in [6.07, 6.45) is 4.55. The van der Waals surface area contributed by atoms with Gasteiger partial charge in [0.25, 0.3) is 0 Å². The van der Waals surface area contributed by atoms with Gasteiger partial charge in [-0.15, -0.1) is 0 Å². The molecule has 0 spiro atoms. The Labute approximate surface area is 79.3 Å². The van der Waals surface area contributed by atoms with Crippen molar-refractivity contribution in [2.75, 3.05) is 5.75 Å². The van der Waals surface area contributed by atoms with E-state index in [9.17, 15) is 4.79 Å². The zero-order chi connectivity index (χ0) is 8.97. The van der Waals surface area contributed by atoms with Gasteiger partial charge in [-0.25, -0.2) is 0 Å². The average molecular weight is 186 g/mol. The molecule has 0 aromatic rings. The van der Waals surface area contributed by atoms with E-state index < -0.39 is 0 Å². The Morgan fingerprint density at radius 3 is 2.92 bits per heavy atom. The molecule has 1 heterocycles. The second-order valence-electron chi connectivity index (χ2n) is 3.59. The zero-order valence-corrected chi connectivity index (χ0v) is 8.82. The van der Waals surface area contributed by atoms with Gasteiger partial charge in [-0.3, -0.25) is 4.79 Å². The lowest BCUT2D eigenvalue weighted by molar-refractivity contribution is -0.122. The number of hydrogen-bond acceptors (Lipinski definition) is 2. The molecule has 0 aliphatic carbocycles. The van der Waals surface area contributed by atoms with Gasteiger partial charge in [-0.2, -0.15) is 11.8 Å². The van der Waals surface area contributed by atoms with E-state index in [4.69, 9.17) is 0 Å². The molecule has 0 N–H and O–H groups in total. The third-order valence-electron chi connectivity index (χ3n) is 2.45. The largest absolute Gasteiger partial charge is 0.298 e. The predicted octanol–water partition coefficient (Wildman–Crippen LogP) is 2.89. The van der Waals surface area contributed by atoms with Crippen LogP contribution in [0.25, 0.3) is 0 Å². The number of hydrogen-bond donors (Lipinski definition) is 0. The summed E-state index contributed by atoms with van der Waals surface area (Å²) in [5.74, 6) is 1.99. The van der Waals surface area contributed by atoms with Crippen LogP contribution in [-0.4, -0.2) is 16.8 Å². The summed E-state index contributed by atoms with van der Waals surface area (Å²) >= 11 is 1.86. The Bertz CT molecular complexity index is 150. The van der Waals surface area contributed by atoms with Crippen molar-refractivity contribution >= 4 is 17.5 Å². The van der Waals surface area contributed by atoms with E-state index >= 15 is 0 Å². The van der Waals surface area contributed by atoms with Gasteiger partial charge in [-0.1, -0.05) is 20.3 Å². The fourth-order valence-electron chi connectivity index (χ4n) is 1.69. The molecule has 1 aliphatic rings. The number of ketones is 1. The molecule has 0 saturated carbocycles. The normalized spacial score (nSPS) is 25.7. The van der Waals surface area contributed by atoms with Crippen LogP contribution in [0.3, 0.4) is 0 Å². The summed E-state index contributed by atoms with van der Waals surface area (Å²) < 4.78 is 0. The lowest BCUT2D eigenvalue weighted by atomic mass is 9.97. The van der Waals surface area contributed by atoms with Gasteiger partial charge < -0.3 is 0 Å². The van der Waals surface area contributed by atoms with Crippen LogP contribution >= 0.6 is 11.8 Å². The van der Waals surface area contributed by atoms with Crippen LogP contribution in [0.15, 0.2) is 0 Å². The standard InChI is InChI=1S/C10H18OS/c1-3-5-8(2)10(11)9-6-4-7-12-9/h8-9H,3-7H2,1-2H3. The third kappa shape index (κ3) is 2.51. The van der Waals surface area contributed by atoms with Gasteiger partial charge >= 0.3 is 0 Å². The molecule has 2 atom stereocenters. The summed E-state index contributed by atoms with van der Waals surface area (Å²) in [6.45, 7) is 4.22. The van der Waals surface area contributed by atoms with Crippen molar-refractivity contribution in [3.63, 3.8) is 0 Å². The summed E-state index contributed by atoms with van der Waals surface area (Å²) in [4.78, 5) is 11.7. The van der Waals surface area contributed by atoms with E-state index in [2.05, 4.69) is 13.8 Å². The Morgan fingerprint density at radius 1 is 1.67 bits per heavy atom. The molecule has 0 bridgehead atoms. The number of carbonyl (C=O) groups is 1. The van der Waals surface area contributed by atoms with Crippen molar-refractivity contribution in [1.29, 1.82) is 0 Å². The van der Waals surface area contributed by atoms with Crippen molar-refractivity contribution in [3.05, 3.63) is 0 Å². The topological polar surface area (TPSA) is 17.1 Å². The quantitative estimate of drug-likeness (QED) is 0.671. The highest BCUT2D eigenvalue weighted by atomic mass is 32.2. The zero-order valence-electron chi connectivity index (χ0n) is 8.01. The van der Waals surface area contributed by atoms with E-state index in [-0.39, 0.29) is 0 Å². The van der Waals surface area contributed by atoms with E-state index in [0.29, 0.717) is 17.0 Å². The van der Waals surface area contributed by atoms with Gasteiger partial charge in [0.05, 0.1) is 5.25 Å². The summed E-state index contributed by atoms with van der Waals surface area (Å²) in [5, 5.41) is 0.339. The maximum Gasteiger partial charge on any atom is 0.148 e. The molecule has 1 nitrogen and oxygen atoms in total. The molecule has 0 aromatic heterocycles. The SMILES string of the molecule is CCCC(C)C(=O)C1CCCS1. The Hall–Kier alpha value is 0.0200. The summed E-state index contributed by atoms with van der Waals surface area (Å²) in [7, 11) is 0. The fraction of sp³-hybridized carbons (Fsp3) is 0.900. The van der Waals surface area contributed by atoms with Crippen LogP contribution in [-0.2, 0) is 4.79 Å². The first kappa shape index (κ1) is 10.1. The molecule has 0 radical (unpaired) electrons. The Balaban J connectivity index is 2.34. The molecule has 1 aliphatic heterocycles. The lowest BCUT2D eigenvalue weighted by Gasteiger charge is -2.13. The van der Waals surface area contributed by atoms with Crippen LogP contribution in [0, 0.1) is 5.92 Å². The highest BCUT2D eigenvalue weighted by Crippen LogP contribution is 2.29. The van der Waals surface area contributed by atoms with Crippen LogP contribution in [0.4, 0.5) is 0 Å². The predicted molar refractivity (Wildman–Crippen MR) is 54.6 cm³/mol. The molecule has 70 valence electrons. The molecular formula is C10H18OS. The maximum atomic E-state index is 11.7. The van der Waals surface area contributed by atoms with Crippen LogP contribution < -0.4 is 0 Å². The Morgan fingerprint density at radius 2 is 2.42 bits per heavy atom. The molecular weight excluding hydrogens is 168 g/mol. The Kier molecular flexibility index (Phi) is 4.13. The molecule has 1 saturated heterocycles. The molecule has 1 rings (SSSR count). The van der Waals surface area contributed by atoms with Gasteiger partial charge in [0.1, 0.15) is 5.78 Å².